The highest BCUT2D eigenvalue weighted by molar-refractivity contribution is 5.31. The topological polar surface area (TPSA) is 41.6 Å². The fourth-order valence-corrected chi connectivity index (χ4v) is 1.71. The Hall–Kier alpha value is -2.60. The molecule has 0 unspecified atom stereocenters. The predicted molar refractivity (Wildman–Crippen MR) is 74.9 cm³/mol. The molecule has 2 rings (SSSR count). The molecule has 1 aromatic heterocycles. The molecule has 1 aromatic carbocycles. The van der Waals surface area contributed by atoms with E-state index in [-0.39, 0.29) is 0 Å². The van der Waals surface area contributed by atoms with Gasteiger partial charge in [-0.1, -0.05) is 24.3 Å². The third kappa shape index (κ3) is 3.68. The van der Waals surface area contributed by atoms with Crippen LogP contribution in [0.3, 0.4) is 0 Å². The molecule has 0 aliphatic rings. The number of nitrogens with zero attached hydrogens (tertiary/aromatic N) is 3. The molecule has 0 fully saturated rings. The zero-order valence-electron chi connectivity index (χ0n) is 10.8. The van der Waals surface area contributed by atoms with Crippen molar-refractivity contribution in [3.05, 3.63) is 77.9 Å². The summed E-state index contributed by atoms with van der Waals surface area (Å²) in [7, 11) is 0. The Labute approximate surface area is 113 Å². The minimum atomic E-state index is 0.681. The molecule has 0 saturated heterocycles. The third-order valence-corrected chi connectivity index (χ3v) is 2.80. The molecule has 0 spiro atoms. The van der Waals surface area contributed by atoms with Gasteiger partial charge in [0.2, 0.25) is 0 Å². The Morgan fingerprint density at radius 3 is 2.58 bits per heavy atom. The van der Waals surface area contributed by atoms with E-state index in [2.05, 4.69) is 15.6 Å². The minimum Gasteiger partial charge on any atom is -0.332 e. The average molecular weight is 249 g/mol. The van der Waals surface area contributed by atoms with Crippen LogP contribution in [0, 0.1) is 18.3 Å². The van der Waals surface area contributed by atoms with Crippen molar-refractivity contribution in [1.29, 1.82) is 5.26 Å². The molecule has 1 heterocycles. The van der Waals surface area contributed by atoms with Gasteiger partial charge >= 0.3 is 0 Å². The summed E-state index contributed by atoms with van der Waals surface area (Å²) in [5.74, 6) is 0.931. The monoisotopic (exact) mass is 249 g/mol. The first-order valence-corrected chi connectivity index (χ1v) is 6.10. The van der Waals surface area contributed by atoms with Crippen LogP contribution in [0.1, 0.15) is 17.0 Å². The van der Waals surface area contributed by atoms with Crippen molar-refractivity contribution < 1.29 is 0 Å². The molecule has 19 heavy (non-hydrogen) atoms. The Kier molecular flexibility index (Phi) is 4.30. The van der Waals surface area contributed by atoms with Gasteiger partial charge in [0.1, 0.15) is 5.82 Å². The molecule has 0 atom stereocenters. The first-order valence-electron chi connectivity index (χ1n) is 6.10. The molecule has 0 radical (unpaired) electrons. The number of nitriles is 1. The molecule has 0 bridgehead atoms. The fourth-order valence-electron chi connectivity index (χ4n) is 1.71. The Bertz CT molecular complexity index is 632. The average Bonchev–Trinajstić information content (AvgIpc) is 2.54. The van der Waals surface area contributed by atoms with Crippen molar-refractivity contribution in [1.82, 2.24) is 9.55 Å². The molecule has 2 aromatic rings. The summed E-state index contributed by atoms with van der Waals surface area (Å²) < 4.78 is 2.07. The van der Waals surface area contributed by atoms with Crippen LogP contribution >= 0.6 is 0 Å². The molecular weight excluding hydrogens is 234 g/mol. The molecule has 3 heteroatoms. The number of aryl methyl sites for hydroxylation is 1. The van der Waals surface area contributed by atoms with Crippen LogP contribution in [0.5, 0.6) is 0 Å². The maximum atomic E-state index is 8.79. The molecule has 0 aliphatic heterocycles. The zero-order chi connectivity index (χ0) is 13.5. The van der Waals surface area contributed by atoms with E-state index in [4.69, 9.17) is 5.26 Å². The summed E-state index contributed by atoms with van der Waals surface area (Å²) in [6.45, 7) is 2.71. The zero-order valence-corrected chi connectivity index (χ0v) is 10.8. The lowest BCUT2D eigenvalue weighted by molar-refractivity contribution is 0.737. The lowest BCUT2D eigenvalue weighted by atomic mass is 10.1. The largest absolute Gasteiger partial charge is 0.332 e. The lowest BCUT2D eigenvalue weighted by Gasteiger charge is -2.07. The van der Waals surface area contributed by atoms with Crippen LogP contribution in [-0.2, 0) is 6.54 Å². The van der Waals surface area contributed by atoms with E-state index in [1.165, 1.54) is 0 Å². The van der Waals surface area contributed by atoms with E-state index in [0.717, 1.165) is 17.9 Å². The quantitative estimate of drug-likeness (QED) is 0.820. The van der Waals surface area contributed by atoms with E-state index in [1.54, 1.807) is 6.20 Å². The first-order chi connectivity index (χ1) is 9.29. The molecule has 94 valence electrons. The molecule has 0 aliphatic carbocycles. The second-order valence-electron chi connectivity index (χ2n) is 4.18. The highest BCUT2D eigenvalue weighted by atomic mass is 15.0. The second kappa shape index (κ2) is 6.36. The summed E-state index contributed by atoms with van der Waals surface area (Å²) in [5, 5.41) is 8.79. The van der Waals surface area contributed by atoms with E-state index in [1.807, 2.05) is 61.7 Å². The smallest absolute Gasteiger partial charge is 0.105 e. The van der Waals surface area contributed by atoms with Gasteiger partial charge in [-0.05, 0) is 36.8 Å². The normalized spacial score (nSPS) is 9.47. The fraction of sp³-hybridized carbons (Fsp3) is 0.125. The summed E-state index contributed by atoms with van der Waals surface area (Å²) >= 11 is 0. The van der Waals surface area contributed by atoms with E-state index in [9.17, 15) is 0 Å². The Balaban J connectivity index is 2.33. The van der Waals surface area contributed by atoms with Crippen molar-refractivity contribution in [2.24, 2.45) is 0 Å². The number of hydrogen-bond donors (Lipinski definition) is 0. The highest BCUT2D eigenvalue weighted by Crippen LogP contribution is 2.06. The molecule has 0 N–H and O–H groups in total. The van der Waals surface area contributed by atoms with Gasteiger partial charge < -0.3 is 4.57 Å². The standard InChI is InChI=1S/C16H15N3/c1-14-18-10-4-2-3-5-11-19(14)13-16-8-6-15(12-17)7-9-16/h2-11H,13H2,1H3. The van der Waals surface area contributed by atoms with Gasteiger partial charge in [-0.25, -0.2) is 4.98 Å². The summed E-state index contributed by atoms with van der Waals surface area (Å²) in [4.78, 5) is 4.36. The number of rotatable bonds is 2. The molecule has 0 saturated carbocycles. The van der Waals surface area contributed by atoms with E-state index >= 15 is 0 Å². The van der Waals surface area contributed by atoms with Crippen molar-refractivity contribution in [2.75, 3.05) is 0 Å². The van der Waals surface area contributed by atoms with Crippen molar-refractivity contribution in [3.8, 4) is 6.07 Å². The Morgan fingerprint density at radius 2 is 1.84 bits per heavy atom. The number of hydrogen-bond acceptors (Lipinski definition) is 2. The third-order valence-electron chi connectivity index (χ3n) is 2.80. The minimum absolute atomic E-state index is 0.681. The maximum Gasteiger partial charge on any atom is 0.105 e. The van der Waals surface area contributed by atoms with E-state index < -0.39 is 0 Å². The van der Waals surface area contributed by atoms with E-state index in [0.29, 0.717) is 5.56 Å². The van der Waals surface area contributed by atoms with Gasteiger partial charge in [0.05, 0.1) is 11.6 Å². The van der Waals surface area contributed by atoms with Crippen LogP contribution in [0.25, 0.3) is 0 Å². The lowest BCUT2D eigenvalue weighted by Crippen LogP contribution is -2.03. The van der Waals surface area contributed by atoms with Crippen molar-refractivity contribution in [3.63, 3.8) is 0 Å². The highest BCUT2D eigenvalue weighted by Gasteiger charge is 1.96. The van der Waals surface area contributed by atoms with Crippen LogP contribution in [0.2, 0.25) is 0 Å². The summed E-state index contributed by atoms with van der Waals surface area (Å²) in [6.07, 6.45) is 3.78. The van der Waals surface area contributed by atoms with Crippen molar-refractivity contribution in [2.45, 2.75) is 13.5 Å². The van der Waals surface area contributed by atoms with Crippen molar-refractivity contribution >= 4 is 0 Å². The van der Waals surface area contributed by atoms with Gasteiger partial charge in [-0.2, -0.15) is 5.26 Å². The second-order valence-corrected chi connectivity index (χ2v) is 4.18. The summed E-state index contributed by atoms with van der Waals surface area (Å²) in [5.41, 5.74) is 1.82. The first kappa shape index (κ1) is 12.8. The maximum absolute atomic E-state index is 8.79. The van der Waals surface area contributed by atoms with Gasteiger partial charge in [0.25, 0.3) is 0 Å². The van der Waals surface area contributed by atoms with Crippen LogP contribution in [-0.4, -0.2) is 9.55 Å². The van der Waals surface area contributed by atoms with Gasteiger partial charge in [0, 0.05) is 18.9 Å². The van der Waals surface area contributed by atoms with Crippen LogP contribution < -0.4 is 0 Å². The SMILES string of the molecule is Cc1nccccccn1Cc1ccc(C#N)cc1. The van der Waals surface area contributed by atoms with Gasteiger partial charge in [-0.15, -0.1) is 0 Å². The predicted octanol–water partition coefficient (Wildman–Crippen LogP) is 3.24. The molecular formula is C16H15N3. The van der Waals surface area contributed by atoms with Gasteiger partial charge in [0.15, 0.2) is 0 Å². The van der Waals surface area contributed by atoms with Crippen LogP contribution in [0.4, 0.5) is 0 Å². The molecule has 3 nitrogen and oxygen atoms in total. The van der Waals surface area contributed by atoms with Crippen LogP contribution in [0.15, 0.2) is 60.9 Å². The van der Waals surface area contributed by atoms with Gasteiger partial charge in [-0.3, -0.25) is 0 Å². The number of aromatic nitrogens is 2. The summed E-state index contributed by atoms with van der Waals surface area (Å²) in [6, 6.07) is 17.5. The number of benzene rings is 1. The Morgan fingerprint density at radius 1 is 1.11 bits per heavy atom. The molecule has 0 amide bonds.